The Morgan fingerprint density at radius 1 is 1.14 bits per heavy atom. The Labute approximate surface area is 245 Å². The van der Waals surface area contributed by atoms with Gasteiger partial charge in [0.1, 0.15) is 11.9 Å². The number of hydrogen-bond acceptors (Lipinski definition) is 9. The molecule has 0 radical (unpaired) electrons. The Morgan fingerprint density at radius 2 is 1.90 bits per heavy atom. The summed E-state index contributed by atoms with van der Waals surface area (Å²) in [5, 5.41) is 17.1. The van der Waals surface area contributed by atoms with E-state index in [-0.39, 0.29) is 49.1 Å². The standard InChI is InChI=1S/C29H37N3O9S/c1-38-21-8-10-22(11-9-21)42(36,37)32(16-20-7-12-27(34)30-20)17-25(33)24(15-19-5-3-2-4-6-19)31-29(35)41-26-18-40-28-23(26)13-14-39-28/h2-6,8-11,20,23-26,28,33H,7,12-18H2,1H3,(H,30,34)(H,31,35)/t20-,23+,24+,25-,26?,28-/m1/s1. The molecule has 12 nitrogen and oxygen atoms in total. The van der Waals surface area contributed by atoms with E-state index in [0.717, 1.165) is 9.87 Å². The molecule has 0 saturated carbocycles. The molecule has 3 heterocycles. The highest BCUT2D eigenvalue weighted by molar-refractivity contribution is 7.89. The lowest BCUT2D eigenvalue weighted by Gasteiger charge is -2.31. The van der Waals surface area contributed by atoms with Crippen molar-refractivity contribution in [2.24, 2.45) is 5.92 Å². The predicted octanol–water partition coefficient (Wildman–Crippen LogP) is 1.42. The highest BCUT2D eigenvalue weighted by Gasteiger charge is 2.44. The van der Waals surface area contributed by atoms with Gasteiger partial charge in [-0.15, -0.1) is 0 Å². The van der Waals surface area contributed by atoms with Crippen LogP contribution in [0.1, 0.15) is 24.8 Å². The predicted molar refractivity (Wildman–Crippen MR) is 150 cm³/mol. The van der Waals surface area contributed by atoms with Crippen molar-refractivity contribution < 1.29 is 42.1 Å². The lowest BCUT2D eigenvalue weighted by atomic mass is 10.0. The second kappa shape index (κ2) is 13.4. The normalized spacial score (nSPS) is 25.1. The average Bonchev–Trinajstić information content (AvgIpc) is 3.72. The maximum absolute atomic E-state index is 13.8. The smallest absolute Gasteiger partial charge is 0.407 e. The Kier molecular flexibility index (Phi) is 9.63. The fraction of sp³-hybridized carbons (Fsp3) is 0.517. The van der Waals surface area contributed by atoms with E-state index in [1.165, 1.54) is 19.2 Å². The Balaban J connectivity index is 1.34. The molecule has 228 valence electrons. The van der Waals surface area contributed by atoms with Gasteiger partial charge in [0, 0.05) is 25.6 Å². The number of ether oxygens (including phenoxy) is 4. The Bertz CT molecular complexity index is 1330. The van der Waals surface area contributed by atoms with E-state index in [1.807, 2.05) is 30.3 Å². The molecule has 2 aromatic rings. The highest BCUT2D eigenvalue weighted by Crippen LogP contribution is 2.33. The van der Waals surface area contributed by atoms with Gasteiger partial charge < -0.3 is 34.7 Å². The van der Waals surface area contributed by atoms with Gasteiger partial charge in [-0.05, 0) is 49.1 Å². The van der Waals surface area contributed by atoms with Crippen LogP contribution in [0.25, 0.3) is 0 Å². The number of aliphatic hydroxyl groups excluding tert-OH is 1. The third-order valence-electron chi connectivity index (χ3n) is 7.91. The SMILES string of the molecule is COc1ccc(S(=O)(=O)N(C[C@H]2CCC(=O)N2)C[C@@H](O)[C@H](Cc2ccccc2)NC(=O)OC2CO[C@H]3OCC[C@@H]23)cc1. The molecule has 42 heavy (non-hydrogen) atoms. The number of amides is 2. The van der Waals surface area contributed by atoms with Crippen LogP contribution in [0.15, 0.2) is 59.5 Å². The van der Waals surface area contributed by atoms with Crippen LogP contribution in [0.2, 0.25) is 0 Å². The largest absolute Gasteiger partial charge is 0.497 e. The number of carbonyl (C=O) groups is 2. The van der Waals surface area contributed by atoms with Gasteiger partial charge in [0.15, 0.2) is 6.29 Å². The van der Waals surface area contributed by atoms with E-state index in [4.69, 9.17) is 18.9 Å². The molecule has 3 fully saturated rings. The van der Waals surface area contributed by atoms with Crippen molar-refractivity contribution in [2.45, 2.75) is 61.2 Å². The first-order valence-corrected chi connectivity index (χ1v) is 15.5. The second-order valence-electron chi connectivity index (χ2n) is 10.8. The van der Waals surface area contributed by atoms with Crippen LogP contribution < -0.4 is 15.4 Å². The maximum Gasteiger partial charge on any atom is 0.407 e. The summed E-state index contributed by atoms with van der Waals surface area (Å²) in [6, 6.07) is 13.9. The lowest BCUT2D eigenvalue weighted by molar-refractivity contribution is -0.119. The molecule has 0 bridgehead atoms. The molecule has 6 atom stereocenters. The van der Waals surface area contributed by atoms with Crippen molar-refractivity contribution in [1.82, 2.24) is 14.9 Å². The van der Waals surface area contributed by atoms with E-state index in [1.54, 1.807) is 12.1 Å². The minimum atomic E-state index is -4.10. The van der Waals surface area contributed by atoms with Crippen LogP contribution >= 0.6 is 0 Å². The van der Waals surface area contributed by atoms with Crippen molar-refractivity contribution in [3.8, 4) is 5.75 Å². The number of rotatable bonds is 12. The summed E-state index contributed by atoms with van der Waals surface area (Å²) in [6.07, 6.45) is -1.21. The summed E-state index contributed by atoms with van der Waals surface area (Å²) in [7, 11) is -2.61. The van der Waals surface area contributed by atoms with Crippen molar-refractivity contribution in [3.63, 3.8) is 0 Å². The summed E-state index contributed by atoms with van der Waals surface area (Å²) in [6.45, 7) is 0.382. The van der Waals surface area contributed by atoms with Gasteiger partial charge in [0.2, 0.25) is 15.9 Å². The number of hydrogen-bond donors (Lipinski definition) is 3. The summed E-state index contributed by atoms with van der Waals surface area (Å²) < 4.78 is 50.7. The van der Waals surface area contributed by atoms with Crippen molar-refractivity contribution in [2.75, 3.05) is 33.4 Å². The number of benzene rings is 2. The van der Waals surface area contributed by atoms with Crippen molar-refractivity contribution in [1.29, 1.82) is 0 Å². The molecule has 3 aliphatic rings. The molecule has 2 aromatic carbocycles. The number of carbonyl (C=O) groups excluding carboxylic acids is 2. The zero-order chi connectivity index (χ0) is 29.7. The van der Waals surface area contributed by atoms with Gasteiger partial charge >= 0.3 is 6.09 Å². The van der Waals surface area contributed by atoms with Crippen LogP contribution in [-0.2, 0) is 35.4 Å². The molecular formula is C29H37N3O9S. The van der Waals surface area contributed by atoms with Gasteiger partial charge in [-0.2, -0.15) is 4.31 Å². The third-order valence-corrected chi connectivity index (χ3v) is 9.75. The van der Waals surface area contributed by atoms with Crippen LogP contribution in [0, 0.1) is 5.92 Å². The van der Waals surface area contributed by atoms with Crippen LogP contribution in [-0.4, -0.2) is 93.8 Å². The fourth-order valence-corrected chi connectivity index (χ4v) is 7.09. The average molecular weight is 604 g/mol. The number of nitrogens with one attached hydrogen (secondary N) is 2. The Hall–Kier alpha value is -3.23. The van der Waals surface area contributed by atoms with Crippen LogP contribution in [0.3, 0.4) is 0 Å². The first-order valence-electron chi connectivity index (χ1n) is 14.1. The highest BCUT2D eigenvalue weighted by atomic mass is 32.2. The fourth-order valence-electron chi connectivity index (χ4n) is 5.59. The molecule has 3 aliphatic heterocycles. The first kappa shape index (κ1) is 30.2. The Morgan fingerprint density at radius 3 is 2.60 bits per heavy atom. The molecule has 2 amide bonds. The van der Waals surface area contributed by atoms with E-state index in [9.17, 15) is 23.1 Å². The van der Waals surface area contributed by atoms with Gasteiger partial charge in [-0.1, -0.05) is 30.3 Å². The zero-order valence-electron chi connectivity index (χ0n) is 23.4. The molecule has 13 heteroatoms. The van der Waals surface area contributed by atoms with Crippen molar-refractivity contribution in [3.05, 3.63) is 60.2 Å². The molecule has 0 aliphatic carbocycles. The molecule has 5 rings (SSSR count). The molecule has 0 spiro atoms. The quantitative estimate of drug-likeness (QED) is 0.327. The number of methoxy groups -OCH3 is 1. The summed E-state index contributed by atoms with van der Waals surface area (Å²) in [5.41, 5.74) is 0.836. The van der Waals surface area contributed by atoms with Crippen LogP contribution in [0.4, 0.5) is 4.79 Å². The van der Waals surface area contributed by atoms with E-state index >= 15 is 0 Å². The number of aliphatic hydroxyl groups is 1. The number of sulfonamides is 1. The number of fused-ring (bicyclic) bond motifs is 1. The summed E-state index contributed by atoms with van der Waals surface area (Å²) >= 11 is 0. The minimum absolute atomic E-state index is 0.0152. The number of alkyl carbamates (subject to hydrolysis) is 1. The molecule has 3 saturated heterocycles. The molecule has 3 N–H and O–H groups in total. The van der Waals surface area contributed by atoms with E-state index < -0.39 is 40.4 Å². The van der Waals surface area contributed by atoms with Crippen LogP contribution in [0.5, 0.6) is 5.75 Å². The molecule has 0 aromatic heterocycles. The molecule has 1 unspecified atom stereocenters. The van der Waals surface area contributed by atoms with Gasteiger partial charge in [0.05, 0.1) is 43.3 Å². The van der Waals surface area contributed by atoms with Gasteiger partial charge in [-0.25, -0.2) is 13.2 Å². The first-order chi connectivity index (χ1) is 20.2. The third kappa shape index (κ3) is 7.21. The van der Waals surface area contributed by atoms with Gasteiger partial charge in [-0.3, -0.25) is 4.79 Å². The van der Waals surface area contributed by atoms with Crippen molar-refractivity contribution >= 4 is 22.0 Å². The zero-order valence-corrected chi connectivity index (χ0v) is 24.2. The topological polar surface area (TPSA) is 153 Å². The van der Waals surface area contributed by atoms with E-state index in [0.29, 0.717) is 31.6 Å². The summed E-state index contributed by atoms with van der Waals surface area (Å²) in [5.74, 6) is 0.289. The number of nitrogens with zero attached hydrogens (tertiary/aromatic N) is 1. The maximum atomic E-state index is 13.8. The van der Waals surface area contributed by atoms with Gasteiger partial charge in [0.25, 0.3) is 0 Å². The summed E-state index contributed by atoms with van der Waals surface area (Å²) in [4.78, 5) is 24.9. The minimum Gasteiger partial charge on any atom is -0.497 e. The lowest BCUT2D eigenvalue weighted by Crippen LogP contribution is -2.53. The second-order valence-corrected chi connectivity index (χ2v) is 12.7. The monoisotopic (exact) mass is 603 g/mol. The molecular weight excluding hydrogens is 566 g/mol. The van der Waals surface area contributed by atoms with E-state index in [2.05, 4.69) is 10.6 Å².